The van der Waals surface area contributed by atoms with Gasteiger partial charge in [0.1, 0.15) is 5.75 Å². The molecule has 0 saturated heterocycles. The smallest absolute Gasteiger partial charge is 0.122 e. The second-order valence-electron chi connectivity index (χ2n) is 4.78. The van der Waals surface area contributed by atoms with Gasteiger partial charge in [0.25, 0.3) is 0 Å². The Morgan fingerprint density at radius 2 is 2.00 bits per heavy atom. The van der Waals surface area contributed by atoms with Gasteiger partial charge in [-0.15, -0.1) is 0 Å². The maximum Gasteiger partial charge on any atom is 0.122 e. The molecule has 0 fully saturated rings. The Morgan fingerprint density at radius 3 is 2.59 bits per heavy atom. The molecule has 0 saturated carbocycles. The van der Waals surface area contributed by atoms with Crippen molar-refractivity contribution in [2.24, 2.45) is 0 Å². The summed E-state index contributed by atoms with van der Waals surface area (Å²) in [6.07, 6.45) is 1.17. The molecule has 96 valence electrons. The molecule has 0 radical (unpaired) electrons. The van der Waals surface area contributed by atoms with Crippen LogP contribution in [0.4, 0.5) is 0 Å². The fourth-order valence-electron chi connectivity index (χ4n) is 2.03. The lowest BCUT2D eigenvalue weighted by molar-refractivity contribution is 0.396. The summed E-state index contributed by atoms with van der Waals surface area (Å²) >= 11 is 0. The van der Waals surface area contributed by atoms with Crippen LogP contribution in [0.5, 0.6) is 5.75 Å². The average molecular weight is 235 g/mol. The van der Waals surface area contributed by atoms with Gasteiger partial charge in [-0.2, -0.15) is 0 Å². The zero-order chi connectivity index (χ0) is 12.8. The number of ether oxygens (including phenoxy) is 1. The Kier molecular flexibility index (Phi) is 5.49. The Labute approximate surface area is 105 Å². The summed E-state index contributed by atoms with van der Waals surface area (Å²) in [7, 11) is 1.74. The van der Waals surface area contributed by atoms with Crippen LogP contribution < -0.4 is 10.1 Å². The predicted molar refractivity (Wildman–Crippen MR) is 73.9 cm³/mol. The molecule has 1 rings (SSSR count). The third kappa shape index (κ3) is 3.74. The molecule has 1 aromatic rings. The highest BCUT2D eigenvalue weighted by molar-refractivity contribution is 5.39. The molecular weight excluding hydrogens is 210 g/mol. The molecule has 0 heterocycles. The van der Waals surface area contributed by atoms with Crippen molar-refractivity contribution < 1.29 is 4.74 Å². The minimum atomic E-state index is 0.455. The standard InChI is InChI=1S/C15H25NO/c1-6-9-16-13(4)12(3)14-10-11(2)7-8-15(14)17-5/h7-8,10,12-13,16H,6,9H2,1-5H3. The molecule has 2 heteroatoms. The van der Waals surface area contributed by atoms with Crippen LogP contribution >= 0.6 is 0 Å². The molecule has 1 aromatic carbocycles. The summed E-state index contributed by atoms with van der Waals surface area (Å²) in [6.45, 7) is 9.88. The van der Waals surface area contributed by atoms with Crippen molar-refractivity contribution in [2.75, 3.05) is 13.7 Å². The summed E-state index contributed by atoms with van der Waals surface area (Å²) in [6, 6.07) is 6.85. The third-order valence-electron chi connectivity index (χ3n) is 3.34. The van der Waals surface area contributed by atoms with Gasteiger partial charge in [-0.1, -0.05) is 31.5 Å². The van der Waals surface area contributed by atoms with Crippen molar-refractivity contribution in [1.29, 1.82) is 0 Å². The zero-order valence-corrected chi connectivity index (χ0v) is 11.7. The highest BCUT2D eigenvalue weighted by Gasteiger charge is 2.17. The van der Waals surface area contributed by atoms with Gasteiger partial charge in [0.05, 0.1) is 7.11 Å². The van der Waals surface area contributed by atoms with Crippen molar-refractivity contribution in [3.8, 4) is 5.75 Å². The van der Waals surface area contributed by atoms with Gasteiger partial charge in [0.15, 0.2) is 0 Å². The maximum absolute atomic E-state index is 5.45. The van der Waals surface area contributed by atoms with E-state index in [2.05, 4.69) is 51.2 Å². The molecular formula is C15H25NO. The minimum Gasteiger partial charge on any atom is -0.496 e. The SMILES string of the molecule is CCCNC(C)C(C)c1cc(C)ccc1OC. The predicted octanol–water partition coefficient (Wildman–Crippen LogP) is 3.50. The molecule has 0 aliphatic heterocycles. The van der Waals surface area contributed by atoms with Crippen LogP contribution in [0, 0.1) is 6.92 Å². The molecule has 0 amide bonds. The van der Waals surface area contributed by atoms with Gasteiger partial charge in [-0.25, -0.2) is 0 Å². The first-order valence-corrected chi connectivity index (χ1v) is 6.48. The van der Waals surface area contributed by atoms with Gasteiger partial charge >= 0.3 is 0 Å². The Bertz CT molecular complexity index is 349. The molecule has 0 spiro atoms. The monoisotopic (exact) mass is 235 g/mol. The molecule has 17 heavy (non-hydrogen) atoms. The lowest BCUT2D eigenvalue weighted by atomic mass is 9.92. The van der Waals surface area contributed by atoms with E-state index >= 15 is 0 Å². The first-order valence-electron chi connectivity index (χ1n) is 6.48. The van der Waals surface area contributed by atoms with Crippen LogP contribution in [0.2, 0.25) is 0 Å². The number of hydrogen-bond acceptors (Lipinski definition) is 2. The van der Waals surface area contributed by atoms with Gasteiger partial charge in [-0.3, -0.25) is 0 Å². The second kappa shape index (κ2) is 6.65. The fourth-order valence-corrected chi connectivity index (χ4v) is 2.03. The van der Waals surface area contributed by atoms with Crippen molar-refractivity contribution in [1.82, 2.24) is 5.32 Å². The summed E-state index contributed by atoms with van der Waals surface area (Å²) in [5, 5.41) is 3.55. The number of methoxy groups -OCH3 is 1. The van der Waals surface area contributed by atoms with Gasteiger partial charge < -0.3 is 10.1 Å². The number of nitrogens with one attached hydrogen (secondary N) is 1. The Hall–Kier alpha value is -1.02. The molecule has 1 N–H and O–H groups in total. The van der Waals surface area contributed by atoms with Crippen LogP contribution in [0.1, 0.15) is 44.2 Å². The van der Waals surface area contributed by atoms with E-state index in [1.807, 2.05) is 0 Å². The molecule has 0 aromatic heterocycles. The van der Waals surface area contributed by atoms with E-state index in [4.69, 9.17) is 4.74 Å². The second-order valence-corrected chi connectivity index (χ2v) is 4.78. The number of benzene rings is 1. The lowest BCUT2D eigenvalue weighted by Crippen LogP contribution is -2.31. The zero-order valence-electron chi connectivity index (χ0n) is 11.7. The van der Waals surface area contributed by atoms with E-state index in [1.165, 1.54) is 17.5 Å². The fraction of sp³-hybridized carbons (Fsp3) is 0.600. The Balaban J connectivity index is 2.86. The van der Waals surface area contributed by atoms with E-state index in [1.54, 1.807) is 7.11 Å². The van der Waals surface area contributed by atoms with E-state index in [-0.39, 0.29) is 0 Å². The molecule has 0 bridgehead atoms. The van der Waals surface area contributed by atoms with E-state index in [0.717, 1.165) is 12.3 Å². The quantitative estimate of drug-likeness (QED) is 0.815. The van der Waals surface area contributed by atoms with Gasteiger partial charge in [0.2, 0.25) is 0 Å². The summed E-state index contributed by atoms with van der Waals surface area (Å²) < 4.78 is 5.45. The highest BCUT2D eigenvalue weighted by Crippen LogP contribution is 2.29. The van der Waals surface area contributed by atoms with Crippen LogP contribution in [0.3, 0.4) is 0 Å². The molecule has 2 unspecified atom stereocenters. The molecule has 2 atom stereocenters. The van der Waals surface area contributed by atoms with Crippen LogP contribution in [-0.4, -0.2) is 19.7 Å². The van der Waals surface area contributed by atoms with Gasteiger partial charge in [0, 0.05) is 6.04 Å². The van der Waals surface area contributed by atoms with Crippen molar-refractivity contribution >= 4 is 0 Å². The molecule has 2 nitrogen and oxygen atoms in total. The first kappa shape index (κ1) is 14.0. The van der Waals surface area contributed by atoms with E-state index in [0.29, 0.717) is 12.0 Å². The van der Waals surface area contributed by atoms with Crippen LogP contribution in [-0.2, 0) is 0 Å². The number of hydrogen-bond donors (Lipinski definition) is 1. The van der Waals surface area contributed by atoms with Crippen LogP contribution in [0.25, 0.3) is 0 Å². The first-order chi connectivity index (χ1) is 8.10. The topological polar surface area (TPSA) is 21.3 Å². The van der Waals surface area contributed by atoms with Crippen molar-refractivity contribution in [3.63, 3.8) is 0 Å². The number of rotatable bonds is 6. The molecule has 0 aliphatic carbocycles. The maximum atomic E-state index is 5.45. The molecule has 0 aliphatic rings. The largest absolute Gasteiger partial charge is 0.496 e. The Morgan fingerprint density at radius 1 is 1.29 bits per heavy atom. The summed E-state index contributed by atoms with van der Waals surface area (Å²) in [5.41, 5.74) is 2.58. The average Bonchev–Trinajstić information content (AvgIpc) is 2.34. The van der Waals surface area contributed by atoms with Crippen LogP contribution in [0.15, 0.2) is 18.2 Å². The van der Waals surface area contributed by atoms with Crippen molar-refractivity contribution in [2.45, 2.75) is 46.1 Å². The van der Waals surface area contributed by atoms with Crippen molar-refractivity contribution in [3.05, 3.63) is 29.3 Å². The minimum absolute atomic E-state index is 0.455. The highest BCUT2D eigenvalue weighted by atomic mass is 16.5. The summed E-state index contributed by atoms with van der Waals surface area (Å²) in [4.78, 5) is 0. The number of aryl methyl sites for hydroxylation is 1. The van der Waals surface area contributed by atoms with E-state index < -0.39 is 0 Å². The van der Waals surface area contributed by atoms with Gasteiger partial charge in [-0.05, 0) is 44.4 Å². The lowest BCUT2D eigenvalue weighted by Gasteiger charge is -2.23. The third-order valence-corrected chi connectivity index (χ3v) is 3.34. The summed E-state index contributed by atoms with van der Waals surface area (Å²) in [5.74, 6) is 1.45. The van der Waals surface area contributed by atoms with E-state index in [9.17, 15) is 0 Å². The normalized spacial score (nSPS) is 14.4.